The van der Waals surface area contributed by atoms with Crippen LogP contribution in [0.1, 0.15) is 25.8 Å². The first kappa shape index (κ1) is 9.71. The van der Waals surface area contributed by atoms with Crippen molar-refractivity contribution in [3.63, 3.8) is 0 Å². The van der Waals surface area contributed by atoms with Crippen LogP contribution in [0.3, 0.4) is 0 Å². The molecule has 0 spiro atoms. The number of halogens is 1. The van der Waals surface area contributed by atoms with E-state index in [0.717, 1.165) is 18.8 Å². The van der Waals surface area contributed by atoms with E-state index in [9.17, 15) is 0 Å². The Morgan fingerprint density at radius 2 is 2.29 bits per heavy atom. The molecule has 2 rings (SSSR count). The van der Waals surface area contributed by atoms with Crippen LogP contribution in [0.5, 0.6) is 0 Å². The number of hydrogen-bond donors (Lipinski definition) is 0. The first-order valence-corrected chi connectivity index (χ1v) is 5.34. The molecule has 1 aliphatic heterocycles. The number of anilines is 1. The van der Waals surface area contributed by atoms with Crippen molar-refractivity contribution in [3.05, 3.63) is 17.0 Å². The fraction of sp³-hybridized carbons (Fsp3) is 0.600. The SMILES string of the molecule is CC(C)N1CCCc2cnc(Cl)nc21. The van der Waals surface area contributed by atoms with Gasteiger partial charge in [-0.15, -0.1) is 0 Å². The summed E-state index contributed by atoms with van der Waals surface area (Å²) in [5, 5.41) is 0.344. The van der Waals surface area contributed by atoms with Gasteiger partial charge in [0.15, 0.2) is 0 Å². The van der Waals surface area contributed by atoms with E-state index in [4.69, 9.17) is 11.6 Å². The Balaban J connectivity index is 2.41. The molecular formula is C10H14ClN3. The molecule has 0 atom stereocenters. The van der Waals surface area contributed by atoms with Crippen molar-refractivity contribution >= 4 is 17.4 Å². The van der Waals surface area contributed by atoms with Gasteiger partial charge in [0, 0.05) is 24.3 Å². The fourth-order valence-electron chi connectivity index (χ4n) is 1.85. The molecule has 2 heterocycles. The molecule has 3 nitrogen and oxygen atoms in total. The van der Waals surface area contributed by atoms with E-state index in [1.807, 2.05) is 6.20 Å². The van der Waals surface area contributed by atoms with Crippen molar-refractivity contribution < 1.29 is 0 Å². The summed E-state index contributed by atoms with van der Waals surface area (Å²) >= 11 is 5.80. The van der Waals surface area contributed by atoms with Gasteiger partial charge in [0.25, 0.3) is 0 Å². The Morgan fingerprint density at radius 3 is 3.00 bits per heavy atom. The van der Waals surface area contributed by atoms with Gasteiger partial charge in [-0.1, -0.05) is 0 Å². The van der Waals surface area contributed by atoms with Crippen LogP contribution in [0.2, 0.25) is 5.28 Å². The zero-order chi connectivity index (χ0) is 10.1. The highest BCUT2D eigenvalue weighted by Crippen LogP contribution is 2.26. The molecular weight excluding hydrogens is 198 g/mol. The van der Waals surface area contributed by atoms with E-state index in [2.05, 4.69) is 28.7 Å². The Morgan fingerprint density at radius 1 is 1.50 bits per heavy atom. The van der Waals surface area contributed by atoms with E-state index in [1.165, 1.54) is 12.0 Å². The highest BCUT2D eigenvalue weighted by molar-refractivity contribution is 6.28. The number of fused-ring (bicyclic) bond motifs is 1. The van der Waals surface area contributed by atoms with Crippen molar-refractivity contribution in [2.75, 3.05) is 11.4 Å². The van der Waals surface area contributed by atoms with Crippen molar-refractivity contribution in [2.24, 2.45) is 0 Å². The van der Waals surface area contributed by atoms with Crippen LogP contribution < -0.4 is 4.90 Å². The molecule has 0 saturated heterocycles. The maximum atomic E-state index is 5.80. The van der Waals surface area contributed by atoms with Crippen molar-refractivity contribution in [2.45, 2.75) is 32.7 Å². The largest absolute Gasteiger partial charge is 0.354 e. The number of hydrogen-bond acceptors (Lipinski definition) is 3. The molecule has 1 aromatic rings. The third-order valence-corrected chi connectivity index (χ3v) is 2.73. The first-order chi connectivity index (χ1) is 6.68. The Bertz CT molecular complexity index is 338. The summed E-state index contributed by atoms with van der Waals surface area (Å²) in [6, 6.07) is 0.472. The van der Waals surface area contributed by atoms with Gasteiger partial charge in [0.05, 0.1) is 0 Å². The second-order valence-electron chi connectivity index (χ2n) is 3.88. The third kappa shape index (κ3) is 1.69. The predicted molar refractivity (Wildman–Crippen MR) is 57.8 cm³/mol. The monoisotopic (exact) mass is 211 g/mol. The van der Waals surface area contributed by atoms with Crippen LogP contribution in [0.25, 0.3) is 0 Å². The van der Waals surface area contributed by atoms with Crippen LogP contribution in [0.15, 0.2) is 6.20 Å². The van der Waals surface area contributed by atoms with E-state index in [0.29, 0.717) is 11.3 Å². The van der Waals surface area contributed by atoms with Crippen molar-refractivity contribution in [3.8, 4) is 0 Å². The van der Waals surface area contributed by atoms with Crippen LogP contribution in [0, 0.1) is 0 Å². The molecule has 0 bridgehead atoms. The van der Waals surface area contributed by atoms with E-state index in [-0.39, 0.29) is 0 Å². The minimum absolute atomic E-state index is 0.344. The smallest absolute Gasteiger partial charge is 0.224 e. The van der Waals surface area contributed by atoms with Gasteiger partial charge >= 0.3 is 0 Å². The lowest BCUT2D eigenvalue weighted by molar-refractivity contribution is 0.613. The summed E-state index contributed by atoms with van der Waals surface area (Å²) in [4.78, 5) is 10.6. The van der Waals surface area contributed by atoms with Gasteiger partial charge in [0.1, 0.15) is 5.82 Å². The van der Waals surface area contributed by atoms with Crippen LogP contribution >= 0.6 is 11.6 Å². The number of nitrogens with zero attached hydrogens (tertiary/aromatic N) is 3. The van der Waals surface area contributed by atoms with Crippen molar-refractivity contribution in [1.82, 2.24) is 9.97 Å². The Hall–Kier alpha value is -0.830. The van der Waals surface area contributed by atoms with Gasteiger partial charge in [-0.2, -0.15) is 0 Å². The molecule has 4 heteroatoms. The van der Waals surface area contributed by atoms with Gasteiger partial charge in [-0.3, -0.25) is 0 Å². The zero-order valence-electron chi connectivity index (χ0n) is 8.50. The molecule has 0 radical (unpaired) electrons. The zero-order valence-corrected chi connectivity index (χ0v) is 9.25. The van der Waals surface area contributed by atoms with Crippen LogP contribution in [-0.2, 0) is 6.42 Å². The van der Waals surface area contributed by atoms with E-state index in [1.54, 1.807) is 0 Å². The van der Waals surface area contributed by atoms with Crippen LogP contribution in [-0.4, -0.2) is 22.6 Å². The van der Waals surface area contributed by atoms with E-state index < -0.39 is 0 Å². The minimum Gasteiger partial charge on any atom is -0.354 e. The molecule has 0 fully saturated rings. The highest BCUT2D eigenvalue weighted by atomic mass is 35.5. The van der Waals surface area contributed by atoms with Gasteiger partial charge < -0.3 is 4.90 Å². The molecule has 14 heavy (non-hydrogen) atoms. The van der Waals surface area contributed by atoms with Crippen LogP contribution in [0.4, 0.5) is 5.82 Å². The molecule has 0 saturated carbocycles. The highest BCUT2D eigenvalue weighted by Gasteiger charge is 2.20. The number of rotatable bonds is 1. The summed E-state index contributed by atoms with van der Waals surface area (Å²) in [5.74, 6) is 1.02. The molecule has 0 aliphatic carbocycles. The van der Waals surface area contributed by atoms with Gasteiger partial charge in [0.2, 0.25) is 5.28 Å². The summed E-state index contributed by atoms with van der Waals surface area (Å²) in [6.45, 7) is 5.41. The van der Waals surface area contributed by atoms with E-state index >= 15 is 0 Å². The Labute approximate surface area is 89.1 Å². The standard InChI is InChI=1S/C10H14ClN3/c1-7(2)14-5-3-4-8-6-12-10(11)13-9(8)14/h6-7H,3-5H2,1-2H3. The maximum absolute atomic E-state index is 5.80. The average molecular weight is 212 g/mol. The maximum Gasteiger partial charge on any atom is 0.224 e. The summed E-state index contributed by atoms with van der Waals surface area (Å²) < 4.78 is 0. The first-order valence-electron chi connectivity index (χ1n) is 4.96. The molecule has 0 aromatic carbocycles. The number of aromatic nitrogens is 2. The summed E-state index contributed by atoms with van der Waals surface area (Å²) in [7, 11) is 0. The third-order valence-electron chi connectivity index (χ3n) is 2.55. The summed E-state index contributed by atoms with van der Waals surface area (Å²) in [5.41, 5.74) is 1.22. The normalized spacial score (nSPS) is 15.9. The Kier molecular flexibility index (Phi) is 2.59. The molecule has 1 aliphatic rings. The topological polar surface area (TPSA) is 29.0 Å². The lowest BCUT2D eigenvalue weighted by Gasteiger charge is -2.33. The average Bonchev–Trinajstić information content (AvgIpc) is 2.16. The second kappa shape index (κ2) is 3.73. The lowest BCUT2D eigenvalue weighted by atomic mass is 10.1. The van der Waals surface area contributed by atoms with Gasteiger partial charge in [-0.25, -0.2) is 9.97 Å². The minimum atomic E-state index is 0.344. The molecule has 0 unspecified atom stereocenters. The summed E-state index contributed by atoms with van der Waals surface area (Å²) in [6.07, 6.45) is 4.09. The molecule has 0 amide bonds. The van der Waals surface area contributed by atoms with Gasteiger partial charge in [-0.05, 0) is 38.3 Å². The molecule has 1 aromatic heterocycles. The predicted octanol–water partition coefficient (Wildman–Crippen LogP) is 2.29. The fourth-order valence-corrected chi connectivity index (χ4v) is 1.98. The molecule has 0 N–H and O–H groups in total. The second-order valence-corrected chi connectivity index (χ2v) is 4.22. The van der Waals surface area contributed by atoms with Crippen molar-refractivity contribution in [1.29, 1.82) is 0 Å². The lowest BCUT2D eigenvalue weighted by Crippen LogP contribution is -2.36. The molecule has 76 valence electrons. The number of aryl methyl sites for hydroxylation is 1. The quantitative estimate of drug-likeness (QED) is 0.668.